The van der Waals surface area contributed by atoms with E-state index < -0.39 is 11.7 Å². The van der Waals surface area contributed by atoms with E-state index in [9.17, 15) is 4.79 Å². The van der Waals surface area contributed by atoms with Gasteiger partial charge in [-0.2, -0.15) is 0 Å². The Kier molecular flexibility index (Phi) is 3.06. The molecule has 1 rings (SSSR count). The Morgan fingerprint density at radius 3 is 2.71 bits per heavy atom. The maximum atomic E-state index is 11.5. The van der Waals surface area contributed by atoms with Gasteiger partial charge in [-0.15, -0.1) is 0 Å². The second kappa shape index (κ2) is 4.09. The Hall–Kier alpha value is -1.58. The minimum absolute atomic E-state index is 0.407. The number of carbonyl (C=O) groups excluding carboxylic acids is 1. The summed E-state index contributed by atoms with van der Waals surface area (Å²) >= 11 is 0. The fraction of sp³-hybridized carbons (Fsp3) is 0.400. The third-order valence-corrected chi connectivity index (χ3v) is 1.34. The summed E-state index contributed by atoms with van der Waals surface area (Å²) in [6, 6.07) is 0. The summed E-state index contributed by atoms with van der Waals surface area (Å²) in [6.45, 7) is 5.48. The highest BCUT2D eigenvalue weighted by Crippen LogP contribution is 2.10. The second-order valence-electron chi connectivity index (χ2n) is 3.83. The molecule has 0 spiro atoms. The van der Waals surface area contributed by atoms with E-state index in [1.807, 2.05) is 20.8 Å². The predicted molar refractivity (Wildman–Crippen MR) is 54.8 cm³/mol. The molecule has 0 atom stereocenters. The molecule has 0 N–H and O–H groups in total. The first-order valence-electron chi connectivity index (χ1n) is 4.37. The fourth-order valence-corrected chi connectivity index (χ4v) is 0.827. The van der Waals surface area contributed by atoms with Crippen molar-refractivity contribution >= 4 is 12.3 Å². The lowest BCUT2D eigenvalue weighted by molar-refractivity contribution is 0.0400. The van der Waals surface area contributed by atoms with Crippen LogP contribution in [-0.2, 0) is 4.74 Å². The van der Waals surface area contributed by atoms with Gasteiger partial charge in [0.15, 0.2) is 0 Å². The molecule has 14 heavy (non-hydrogen) atoms. The number of amides is 1. The van der Waals surface area contributed by atoms with Crippen molar-refractivity contribution in [2.75, 3.05) is 0 Å². The third kappa shape index (κ3) is 3.43. The van der Waals surface area contributed by atoms with Crippen molar-refractivity contribution in [3.63, 3.8) is 0 Å². The lowest BCUT2D eigenvalue weighted by Gasteiger charge is -2.22. The van der Waals surface area contributed by atoms with E-state index in [0.29, 0.717) is 0 Å². The van der Waals surface area contributed by atoms with E-state index in [0.717, 1.165) is 0 Å². The molecule has 4 heteroatoms. The van der Waals surface area contributed by atoms with Crippen LogP contribution in [0.5, 0.6) is 0 Å². The summed E-state index contributed by atoms with van der Waals surface area (Å²) < 4.78 is 5.16. The van der Waals surface area contributed by atoms with Crippen LogP contribution in [0.15, 0.2) is 29.7 Å². The van der Waals surface area contributed by atoms with E-state index in [2.05, 4.69) is 4.99 Å². The van der Waals surface area contributed by atoms with Crippen molar-refractivity contribution in [1.82, 2.24) is 4.90 Å². The monoisotopic (exact) mass is 194 g/mol. The van der Waals surface area contributed by atoms with Gasteiger partial charge in [-0.3, -0.25) is 9.89 Å². The molecule has 0 aromatic heterocycles. The fourth-order valence-electron chi connectivity index (χ4n) is 0.827. The van der Waals surface area contributed by atoms with Gasteiger partial charge in [-0.05, 0) is 26.8 Å². The third-order valence-electron chi connectivity index (χ3n) is 1.34. The zero-order valence-electron chi connectivity index (χ0n) is 8.60. The van der Waals surface area contributed by atoms with E-state index in [1.165, 1.54) is 11.1 Å². The zero-order chi connectivity index (χ0) is 10.6. The Bertz CT molecular complexity index is 282. The van der Waals surface area contributed by atoms with Crippen LogP contribution in [0, 0.1) is 0 Å². The summed E-state index contributed by atoms with van der Waals surface area (Å²) in [4.78, 5) is 16.7. The largest absolute Gasteiger partial charge is 0.443 e. The molecule has 76 valence electrons. The van der Waals surface area contributed by atoms with Crippen LogP contribution < -0.4 is 0 Å². The smallest absolute Gasteiger partial charge is 0.418 e. The average molecular weight is 194 g/mol. The van der Waals surface area contributed by atoms with E-state index in [4.69, 9.17) is 4.74 Å². The Morgan fingerprint density at radius 1 is 1.36 bits per heavy atom. The van der Waals surface area contributed by atoms with Crippen LogP contribution >= 0.6 is 0 Å². The van der Waals surface area contributed by atoms with E-state index in [1.54, 1.807) is 24.7 Å². The van der Waals surface area contributed by atoms with Crippen molar-refractivity contribution in [2.45, 2.75) is 26.4 Å². The Morgan fingerprint density at radius 2 is 2.07 bits per heavy atom. The predicted octanol–water partition coefficient (Wildman–Crippen LogP) is 2.29. The molecular weight excluding hydrogens is 180 g/mol. The molecule has 0 aromatic carbocycles. The van der Waals surface area contributed by atoms with Crippen LogP contribution in [-0.4, -0.2) is 22.8 Å². The number of hydrogen-bond donors (Lipinski definition) is 0. The van der Waals surface area contributed by atoms with Crippen molar-refractivity contribution in [2.24, 2.45) is 4.99 Å². The van der Waals surface area contributed by atoms with Gasteiger partial charge in [-0.1, -0.05) is 0 Å². The van der Waals surface area contributed by atoms with Crippen LogP contribution in [0.25, 0.3) is 0 Å². The molecule has 0 fully saturated rings. The van der Waals surface area contributed by atoms with Crippen molar-refractivity contribution < 1.29 is 9.53 Å². The molecule has 0 aliphatic carbocycles. The van der Waals surface area contributed by atoms with Crippen LogP contribution in [0.1, 0.15) is 20.8 Å². The van der Waals surface area contributed by atoms with Gasteiger partial charge in [0.05, 0.1) is 0 Å². The van der Waals surface area contributed by atoms with Crippen molar-refractivity contribution in [3.05, 3.63) is 24.7 Å². The standard InChI is InChI=1S/C10H14N2O2/c1-10(2,3)14-9(13)12-7-4-5-11-6-8-12/h4-8H,1-3H3. The first-order chi connectivity index (χ1) is 6.49. The van der Waals surface area contributed by atoms with Gasteiger partial charge >= 0.3 is 6.09 Å². The number of rotatable bonds is 0. The summed E-state index contributed by atoms with van der Waals surface area (Å²) in [5.74, 6) is 0. The average Bonchev–Trinajstić information content (AvgIpc) is 2.27. The normalized spacial score (nSPS) is 15.5. The molecule has 1 amide bonds. The summed E-state index contributed by atoms with van der Waals surface area (Å²) in [5, 5.41) is 0. The first-order valence-corrected chi connectivity index (χ1v) is 4.37. The van der Waals surface area contributed by atoms with Gasteiger partial charge in [-0.25, -0.2) is 4.79 Å². The van der Waals surface area contributed by atoms with Crippen LogP contribution in [0.2, 0.25) is 0 Å². The van der Waals surface area contributed by atoms with Gasteiger partial charge < -0.3 is 4.74 Å². The minimum Gasteiger partial charge on any atom is -0.443 e. The summed E-state index contributed by atoms with van der Waals surface area (Å²) in [5.41, 5.74) is -0.480. The topological polar surface area (TPSA) is 41.9 Å². The molecule has 0 unspecified atom stereocenters. The van der Waals surface area contributed by atoms with Gasteiger partial charge in [0.25, 0.3) is 0 Å². The number of allylic oxidation sites excluding steroid dienone is 1. The number of ether oxygens (including phenoxy) is 1. The molecule has 0 aromatic rings. The van der Waals surface area contributed by atoms with Crippen LogP contribution in [0.4, 0.5) is 4.79 Å². The van der Waals surface area contributed by atoms with Gasteiger partial charge in [0, 0.05) is 24.8 Å². The number of aliphatic imine (C=N–C) groups is 1. The number of carbonyl (C=O) groups is 1. The maximum Gasteiger partial charge on any atom is 0.418 e. The first kappa shape index (κ1) is 10.5. The lowest BCUT2D eigenvalue weighted by Crippen LogP contribution is -2.30. The number of hydrogen-bond acceptors (Lipinski definition) is 3. The highest BCUT2D eigenvalue weighted by molar-refractivity contribution is 5.76. The molecule has 4 nitrogen and oxygen atoms in total. The minimum atomic E-state index is -0.480. The Balaban J connectivity index is 2.62. The van der Waals surface area contributed by atoms with Gasteiger partial charge in [0.1, 0.15) is 5.60 Å². The quantitative estimate of drug-likeness (QED) is 0.593. The molecule has 0 bridgehead atoms. The zero-order valence-corrected chi connectivity index (χ0v) is 8.60. The Labute approximate surface area is 83.6 Å². The molecule has 1 aliphatic rings. The maximum absolute atomic E-state index is 11.5. The van der Waals surface area contributed by atoms with E-state index in [-0.39, 0.29) is 0 Å². The van der Waals surface area contributed by atoms with E-state index >= 15 is 0 Å². The number of nitrogens with zero attached hydrogens (tertiary/aromatic N) is 2. The molecule has 0 saturated heterocycles. The molecule has 0 saturated carbocycles. The SMILES string of the molecule is CC(C)(C)OC(=O)N1C=CC=NC=C1. The van der Waals surface area contributed by atoms with Crippen LogP contribution in [0.3, 0.4) is 0 Å². The van der Waals surface area contributed by atoms with Crippen molar-refractivity contribution in [1.29, 1.82) is 0 Å². The second-order valence-corrected chi connectivity index (χ2v) is 3.83. The van der Waals surface area contributed by atoms with Crippen molar-refractivity contribution in [3.8, 4) is 0 Å². The summed E-state index contributed by atoms with van der Waals surface area (Å²) in [7, 11) is 0. The lowest BCUT2D eigenvalue weighted by atomic mass is 10.2. The molecule has 1 aliphatic heterocycles. The van der Waals surface area contributed by atoms with Gasteiger partial charge in [0.2, 0.25) is 0 Å². The summed E-state index contributed by atoms with van der Waals surface area (Å²) in [6.07, 6.45) is 7.54. The molecule has 1 heterocycles. The highest BCUT2D eigenvalue weighted by atomic mass is 16.6. The highest BCUT2D eigenvalue weighted by Gasteiger charge is 2.19. The molecular formula is C10H14N2O2. The molecule has 0 radical (unpaired) electrons.